The van der Waals surface area contributed by atoms with E-state index in [0.717, 1.165) is 22.4 Å². The highest BCUT2D eigenvalue weighted by Gasteiger charge is 2.23. The largest absolute Gasteiger partial charge is 0.480 e. The molecule has 0 unspecified atom stereocenters. The topological polar surface area (TPSA) is 102 Å². The third-order valence-corrected chi connectivity index (χ3v) is 4.83. The van der Waals surface area contributed by atoms with Gasteiger partial charge in [0.1, 0.15) is 17.5 Å². The quantitative estimate of drug-likeness (QED) is 0.544. The van der Waals surface area contributed by atoms with Crippen LogP contribution in [0, 0.1) is 0 Å². The van der Waals surface area contributed by atoms with Crippen molar-refractivity contribution >= 4 is 29.2 Å². The number of hydrogen-bond donors (Lipinski definition) is 3. The molecule has 3 aromatic carbocycles. The van der Waals surface area contributed by atoms with Crippen molar-refractivity contribution in [2.45, 2.75) is 12.5 Å². The van der Waals surface area contributed by atoms with Gasteiger partial charge < -0.3 is 20.9 Å². The molecule has 0 fully saturated rings. The Labute approximate surface area is 173 Å². The molecule has 150 valence electrons. The Morgan fingerprint density at radius 3 is 2.30 bits per heavy atom. The molecule has 0 bridgehead atoms. The number of carboxylic acid groups (broad SMARTS) is 1. The minimum atomic E-state index is -1.02. The van der Waals surface area contributed by atoms with Crippen molar-refractivity contribution in [2.75, 3.05) is 5.32 Å². The molecule has 0 saturated carbocycles. The highest BCUT2D eigenvalue weighted by atomic mass is 16.5. The maximum Gasteiger partial charge on any atom is 0.320 e. The molecule has 0 saturated heterocycles. The third-order valence-electron chi connectivity index (χ3n) is 4.83. The van der Waals surface area contributed by atoms with Gasteiger partial charge in [0.25, 0.3) is 5.91 Å². The summed E-state index contributed by atoms with van der Waals surface area (Å²) in [5, 5.41) is 11.8. The lowest BCUT2D eigenvalue weighted by Gasteiger charge is -2.09. The molecule has 6 nitrogen and oxygen atoms in total. The zero-order valence-electron chi connectivity index (χ0n) is 16.0. The maximum absolute atomic E-state index is 12.2. The average Bonchev–Trinajstić information content (AvgIpc) is 3.06. The Morgan fingerprint density at radius 1 is 1.00 bits per heavy atom. The molecule has 30 heavy (non-hydrogen) atoms. The first-order valence-electron chi connectivity index (χ1n) is 9.47. The zero-order valence-corrected chi connectivity index (χ0v) is 16.0. The predicted octanol–water partition coefficient (Wildman–Crippen LogP) is 3.93. The number of nitrogens with two attached hydrogens (primary N) is 1. The maximum atomic E-state index is 12.2. The Morgan fingerprint density at radius 2 is 1.63 bits per heavy atom. The fourth-order valence-electron chi connectivity index (χ4n) is 3.25. The van der Waals surface area contributed by atoms with Crippen LogP contribution in [0.3, 0.4) is 0 Å². The molecular formula is C24H20N2O4. The van der Waals surface area contributed by atoms with Gasteiger partial charge in [0, 0.05) is 16.8 Å². The van der Waals surface area contributed by atoms with Crippen molar-refractivity contribution in [3.05, 3.63) is 89.5 Å². The van der Waals surface area contributed by atoms with E-state index in [9.17, 15) is 9.59 Å². The minimum Gasteiger partial charge on any atom is -0.480 e. The molecule has 1 heterocycles. The molecule has 0 aliphatic carbocycles. The number of nitrogens with one attached hydrogen (secondary N) is 1. The first-order chi connectivity index (χ1) is 14.5. The van der Waals surface area contributed by atoms with E-state index in [0.29, 0.717) is 17.1 Å². The summed E-state index contributed by atoms with van der Waals surface area (Å²) in [4.78, 5) is 23.1. The van der Waals surface area contributed by atoms with Gasteiger partial charge in [-0.05, 0) is 54.0 Å². The summed E-state index contributed by atoms with van der Waals surface area (Å²) in [7, 11) is 0. The summed E-state index contributed by atoms with van der Waals surface area (Å²) in [6.45, 7) is 0. The van der Waals surface area contributed by atoms with Crippen LogP contribution in [-0.4, -0.2) is 23.0 Å². The Bertz CT molecular complexity index is 1120. The average molecular weight is 400 g/mol. The molecular weight excluding hydrogens is 380 g/mol. The van der Waals surface area contributed by atoms with Crippen molar-refractivity contribution in [2.24, 2.45) is 5.73 Å². The van der Waals surface area contributed by atoms with Gasteiger partial charge in [0.05, 0.1) is 0 Å². The van der Waals surface area contributed by atoms with E-state index in [-0.39, 0.29) is 12.3 Å². The molecule has 0 radical (unpaired) electrons. The number of carbonyl (C=O) groups is 2. The summed E-state index contributed by atoms with van der Waals surface area (Å²) in [6.07, 6.45) is 2.11. The van der Waals surface area contributed by atoms with E-state index < -0.39 is 12.0 Å². The fourth-order valence-corrected chi connectivity index (χ4v) is 3.25. The SMILES string of the molecule is N[C@@H](Cc1ccc(Oc2ccc(/C=C3/C(=O)Nc4ccccc43)cc2)cc1)C(=O)O. The molecule has 0 spiro atoms. The van der Waals surface area contributed by atoms with E-state index >= 15 is 0 Å². The lowest BCUT2D eigenvalue weighted by atomic mass is 10.0. The van der Waals surface area contributed by atoms with E-state index in [1.165, 1.54) is 0 Å². The van der Waals surface area contributed by atoms with Crippen molar-refractivity contribution in [3.63, 3.8) is 0 Å². The summed E-state index contributed by atoms with van der Waals surface area (Å²) >= 11 is 0. The van der Waals surface area contributed by atoms with Crippen molar-refractivity contribution in [1.82, 2.24) is 0 Å². The highest BCUT2D eigenvalue weighted by Crippen LogP contribution is 2.33. The second kappa shape index (κ2) is 8.23. The normalized spacial score (nSPS) is 14.8. The molecule has 1 amide bonds. The summed E-state index contributed by atoms with van der Waals surface area (Å²) in [5.74, 6) is 0.157. The van der Waals surface area contributed by atoms with E-state index in [4.69, 9.17) is 15.6 Å². The second-order valence-corrected chi connectivity index (χ2v) is 7.02. The van der Waals surface area contributed by atoms with Crippen molar-refractivity contribution in [1.29, 1.82) is 0 Å². The number of carboxylic acids is 1. The molecule has 1 aliphatic heterocycles. The van der Waals surface area contributed by atoms with Gasteiger partial charge in [-0.15, -0.1) is 0 Å². The van der Waals surface area contributed by atoms with Crippen LogP contribution in [0.1, 0.15) is 16.7 Å². The van der Waals surface area contributed by atoms with Crippen molar-refractivity contribution < 1.29 is 19.4 Å². The summed E-state index contributed by atoms with van der Waals surface area (Å²) < 4.78 is 5.84. The smallest absolute Gasteiger partial charge is 0.320 e. The Balaban J connectivity index is 1.44. The third kappa shape index (κ3) is 4.24. The van der Waals surface area contributed by atoms with Gasteiger partial charge in [-0.2, -0.15) is 0 Å². The zero-order chi connectivity index (χ0) is 21.1. The van der Waals surface area contributed by atoms with Gasteiger partial charge in [0.15, 0.2) is 0 Å². The van der Waals surface area contributed by atoms with Crippen LogP contribution in [0.15, 0.2) is 72.8 Å². The molecule has 4 N–H and O–H groups in total. The van der Waals surface area contributed by atoms with E-state index in [1.807, 2.05) is 54.6 Å². The number of hydrogen-bond acceptors (Lipinski definition) is 4. The first kappa shape index (κ1) is 19.4. The summed E-state index contributed by atoms with van der Waals surface area (Å²) in [6, 6.07) is 21.3. The molecule has 1 aliphatic rings. The van der Waals surface area contributed by atoms with Crippen LogP contribution < -0.4 is 15.8 Å². The van der Waals surface area contributed by atoms with E-state index in [1.54, 1.807) is 24.3 Å². The first-order valence-corrected chi connectivity index (χ1v) is 9.47. The highest BCUT2D eigenvalue weighted by molar-refractivity contribution is 6.34. The fraction of sp³-hybridized carbons (Fsp3) is 0.0833. The summed E-state index contributed by atoms with van der Waals surface area (Å²) in [5.41, 5.74) is 9.62. The lowest BCUT2D eigenvalue weighted by Crippen LogP contribution is -2.32. The number of ether oxygens (including phenoxy) is 1. The molecule has 0 aromatic heterocycles. The van der Waals surface area contributed by atoms with Crippen LogP contribution >= 0.6 is 0 Å². The number of carbonyl (C=O) groups excluding carboxylic acids is 1. The van der Waals surface area contributed by atoms with Crippen LogP contribution in [0.2, 0.25) is 0 Å². The predicted molar refractivity (Wildman–Crippen MR) is 115 cm³/mol. The van der Waals surface area contributed by atoms with E-state index in [2.05, 4.69) is 5.32 Å². The minimum absolute atomic E-state index is 0.112. The van der Waals surface area contributed by atoms with Gasteiger partial charge >= 0.3 is 5.97 Å². The van der Waals surface area contributed by atoms with Gasteiger partial charge in [-0.25, -0.2) is 0 Å². The molecule has 1 atom stereocenters. The van der Waals surface area contributed by atoms with Gasteiger partial charge in [-0.1, -0.05) is 42.5 Å². The number of benzene rings is 3. The second-order valence-electron chi connectivity index (χ2n) is 7.02. The Kier molecular flexibility index (Phi) is 5.32. The van der Waals surface area contributed by atoms with Crippen LogP contribution in [-0.2, 0) is 16.0 Å². The lowest BCUT2D eigenvalue weighted by molar-refractivity contribution is -0.138. The standard InChI is InChI=1S/C24H20N2O4/c25-21(24(28)29)14-16-7-11-18(12-8-16)30-17-9-5-15(6-10-17)13-20-19-3-1-2-4-22(19)26-23(20)27/h1-13,21H,14,25H2,(H,26,27)(H,28,29)/b20-13+/t21-/m0/s1. The number of anilines is 1. The number of para-hydroxylation sites is 1. The number of rotatable bonds is 6. The van der Waals surface area contributed by atoms with Crippen LogP contribution in [0.25, 0.3) is 11.6 Å². The van der Waals surface area contributed by atoms with Gasteiger partial charge in [0.2, 0.25) is 0 Å². The molecule has 3 aromatic rings. The van der Waals surface area contributed by atoms with Gasteiger partial charge in [-0.3, -0.25) is 9.59 Å². The van der Waals surface area contributed by atoms with Crippen LogP contribution in [0.4, 0.5) is 5.69 Å². The molecule has 4 rings (SSSR count). The monoisotopic (exact) mass is 400 g/mol. The number of amides is 1. The number of fused-ring (bicyclic) bond motifs is 1. The molecule has 6 heteroatoms. The van der Waals surface area contributed by atoms with Crippen LogP contribution in [0.5, 0.6) is 11.5 Å². The Hall–Kier alpha value is -3.90. The van der Waals surface area contributed by atoms with Crippen molar-refractivity contribution in [3.8, 4) is 11.5 Å². The number of aliphatic carboxylic acids is 1.